The molecule has 0 aliphatic heterocycles. The van der Waals surface area contributed by atoms with Gasteiger partial charge in [0.25, 0.3) is 0 Å². The number of halogens is 1. The lowest BCUT2D eigenvalue weighted by Gasteiger charge is -2.19. The Kier molecular flexibility index (Phi) is 4.17. The van der Waals surface area contributed by atoms with Gasteiger partial charge in [-0.15, -0.1) is 5.10 Å². The van der Waals surface area contributed by atoms with Crippen molar-refractivity contribution in [3.63, 3.8) is 0 Å². The van der Waals surface area contributed by atoms with Gasteiger partial charge in [0.2, 0.25) is 0 Å². The highest BCUT2D eigenvalue weighted by Gasteiger charge is 2.12. The highest BCUT2D eigenvalue weighted by Crippen LogP contribution is 2.12. The lowest BCUT2D eigenvalue weighted by Crippen LogP contribution is -2.36. The van der Waals surface area contributed by atoms with Gasteiger partial charge in [0.05, 0.1) is 13.1 Å². The van der Waals surface area contributed by atoms with E-state index in [4.69, 9.17) is 11.6 Å². The fourth-order valence-electron chi connectivity index (χ4n) is 1.63. The number of rotatable bonds is 4. The van der Waals surface area contributed by atoms with Crippen molar-refractivity contribution in [1.82, 2.24) is 25.5 Å². The molecular weight excluding hydrogens is 262 g/mol. The number of nitrogens with one attached hydrogen (secondary N) is 1. The minimum Gasteiger partial charge on any atom is -0.305 e. The second-order valence-electron chi connectivity index (χ2n) is 5.49. The van der Waals surface area contributed by atoms with E-state index in [1.807, 2.05) is 24.3 Å². The molecule has 6 heteroatoms. The molecular formula is C13H18ClN5. The van der Waals surface area contributed by atoms with Crippen LogP contribution in [0.25, 0.3) is 0 Å². The Hall–Kier alpha value is -1.46. The Morgan fingerprint density at radius 3 is 2.79 bits per heavy atom. The summed E-state index contributed by atoms with van der Waals surface area (Å²) in [5.41, 5.74) is 1.11. The summed E-state index contributed by atoms with van der Waals surface area (Å²) in [4.78, 5) is 0. The molecule has 0 aliphatic rings. The minimum absolute atomic E-state index is 0.0346. The molecule has 0 amide bonds. The fourth-order valence-corrected chi connectivity index (χ4v) is 1.84. The molecule has 0 saturated carbocycles. The van der Waals surface area contributed by atoms with Gasteiger partial charge < -0.3 is 5.32 Å². The zero-order valence-corrected chi connectivity index (χ0v) is 12.1. The number of tetrazole rings is 1. The van der Waals surface area contributed by atoms with Crippen LogP contribution in [0, 0.1) is 0 Å². The Morgan fingerprint density at radius 1 is 1.32 bits per heavy atom. The highest BCUT2D eigenvalue weighted by molar-refractivity contribution is 6.30. The van der Waals surface area contributed by atoms with E-state index in [0.717, 1.165) is 16.4 Å². The lowest BCUT2D eigenvalue weighted by molar-refractivity contribution is 0.410. The largest absolute Gasteiger partial charge is 0.305 e. The Bertz CT molecular complexity index is 544. The first-order valence-electron chi connectivity index (χ1n) is 6.18. The van der Waals surface area contributed by atoms with Gasteiger partial charge >= 0.3 is 0 Å². The van der Waals surface area contributed by atoms with Gasteiger partial charge in [-0.25, -0.2) is 4.68 Å². The van der Waals surface area contributed by atoms with Crippen LogP contribution in [0.3, 0.4) is 0 Å². The van der Waals surface area contributed by atoms with Crippen molar-refractivity contribution in [2.75, 3.05) is 0 Å². The van der Waals surface area contributed by atoms with Crippen LogP contribution in [0.2, 0.25) is 5.02 Å². The summed E-state index contributed by atoms with van der Waals surface area (Å²) in [6.45, 7) is 7.58. The predicted octanol–water partition coefficient (Wildman–Crippen LogP) is 2.26. The number of hydrogen-bond donors (Lipinski definition) is 1. The topological polar surface area (TPSA) is 55.6 Å². The molecule has 0 bridgehead atoms. The Balaban J connectivity index is 2.07. The molecule has 2 aromatic rings. The molecule has 5 nitrogen and oxygen atoms in total. The van der Waals surface area contributed by atoms with Crippen molar-refractivity contribution in [3.05, 3.63) is 40.7 Å². The van der Waals surface area contributed by atoms with E-state index in [-0.39, 0.29) is 5.54 Å². The number of aromatic nitrogens is 4. The lowest BCUT2D eigenvalue weighted by atomic mass is 10.1. The standard InChI is InChI=1S/C13H18ClN5/c1-13(2,3)15-8-12-16-17-18-19(12)9-10-5-4-6-11(14)7-10/h4-7,15H,8-9H2,1-3H3. The van der Waals surface area contributed by atoms with E-state index < -0.39 is 0 Å². The van der Waals surface area contributed by atoms with Gasteiger partial charge in [0, 0.05) is 10.6 Å². The maximum atomic E-state index is 5.97. The number of hydrogen-bond acceptors (Lipinski definition) is 4. The normalized spacial score (nSPS) is 11.8. The summed E-state index contributed by atoms with van der Waals surface area (Å²) >= 11 is 5.97. The van der Waals surface area contributed by atoms with Gasteiger partial charge in [-0.05, 0) is 48.9 Å². The van der Waals surface area contributed by atoms with E-state index in [2.05, 4.69) is 41.6 Å². The van der Waals surface area contributed by atoms with Gasteiger partial charge in [0.15, 0.2) is 5.82 Å². The molecule has 1 aromatic carbocycles. The van der Waals surface area contributed by atoms with Crippen molar-refractivity contribution < 1.29 is 0 Å². The maximum absolute atomic E-state index is 5.97. The average molecular weight is 280 g/mol. The van der Waals surface area contributed by atoms with Gasteiger partial charge in [0.1, 0.15) is 0 Å². The molecule has 0 atom stereocenters. The van der Waals surface area contributed by atoms with Crippen LogP contribution in [0.5, 0.6) is 0 Å². The predicted molar refractivity (Wildman–Crippen MR) is 75.0 cm³/mol. The van der Waals surface area contributed by atoms with Crippen molar-refractivity contribution in [1.29, 1.82) is 0 Å². The third-order valence-electron chi connectivity index (χ3n) is 2.60. The van der Waals surface area contributed by atoms with E-state index >= 15 is 0 Å². The number of nitrogens with zero attached hydrogens (tertiary/aromatic N) is 4. The van der Waals surface area contributed by atoms with Crippen molar-refractivity contribution in [2.45, 2.75) is 39.4 Å². The maximum Gasteiger partial charge on any atom is 0.165 e. The Morgan fingerprint density at radius 2 is 2.11 bits per heavy atom. The molecule has 0 fully saturated rings. The van der Waals surface area contributed by atoms with E-state index in [0.29, 0.717) is 13.1 Å². The van der Waals surface area contributed by atoms with Crippen LogP contribution in [0.15, 0.2) is 24.3 Å². The summed E-state index contributed by atoms with van der Waals surface area (Å²) in [5.74, 6) is 0.815. The molecule has 0 aliphatic carbocycles. The minimum atomic E-state index is 0.0346. The molecule has 0 saturated heterocycles. The Labute approximate surface area is 118 Å². The fraction of sp³-hybridized carbons (Fsp3) is 0.462. The molecule has 1 aromatic heterocycles. The zero-order valence-electron chi connectivity index (χ0n) is 11.4. The summed E-state index contributed by atoms with van der Waals surface area (Å²) in [6.07, 6.45) is 0. The van der Waals surface area contributed by atoms with E-state index in [1.165, 1.54) is 0 Å². The summed E-state index contributed by atoms with van der Waals surface area (Å²) < 4.78 is 1.78. The summed E-state index contributed by atoms with van der Waals surface area (Å²) in [7, 11) is 0. The monoisotopic (exact) mass is 279 g/mol. The first kappa shape index (κ1) is 14.0. The van der Waals surface area contributed by atoms with Crippen LogP contribution in [-0.2, 0) is 13.1 Å². The molecule has 1 heterocycles. The van der Waals surface area contributed by atoms with E-state index in [9.17, 15) is 0 Å². The third kappa shape index (κ3) is 4.29. The first-order chi connectivity index (χ1) is 8.94. The van der Waals surface area contributed by atoms with Crippen LogP contribution in [0.1, 0.15) is 32.2 Å². The second kappa shape index (κ2) is 5.67. The quantitative estimate of drug-likeness (QED) is 0.933. The van der Waals surface area contributed by atoms with Crippen molar-refractivity contribution >= 4 is 11.6 Å². The summed E-state index contributed by atoms with van der Waals surface area (Å²) in [6, 6.07) is 7.71. The summed E-state index contributed by atoms with van der Waals surface area (Å²) in [5, 5.41) is 15.9. The first-order valence-corrected chi connectivity index (χ1v) is 6.56. The van der Waals surface area contributed by atoms with Crippen LogP contribution in [0.4, 0.5) is 0 Å². The smallest absolute Gasteiger partial charge is 0.165 e. The molecule has 2 rings (SSSR count). The molecule has 19 heavy (non-hydrogen) atoms. The molecule has 1 N–H and O–H groups in total. The second-order valence-corrected chi connectivity index (χ2v) is 5.92. The molecule has 0 spiro atoms. The van der Waals surface area contributed by atoms with Crippen LogP contribution >= 0.6 is 11.6 Å². The van der Waals surface area contributed by atoms with Crippen LogP contribution < -0.4 is 5.32 Å². The average Bonchev–Trinajstić information content (AvgIpc) is 2.73. The van der Waals surface area contributed by atoms with Crippen molar-refractivity contribution in [2.24, 2.45) is 0 Å². The number of benzene rings is 1. The molecule has 0 radical (unpaired) electrons. The van der Waals surface area contributed by atoms with Gasteiger partial charge in [-0.2, -0.15) is 0 Å². The van der Waals surface area contributed by atoms with E-state index in [1.54, 1.807) is 4.68 Å². The zero-order chi connectivity index (χ0) is 13.9. The molecule has 0 unspecified atom stereocenters. The van der Waals surface area contributed by atoms with Crippen LogP contribution in [-0.4, -0.2) is 25.7 Å². The highest BCUT2D eigenvalue weighted by atomic mass is 35.5. The molecule has 102 valence electrons. The van der Waals surface area contributed by atoms with Gasteiger partial charge in [-0.3, -0.25) is 0 Å². The van der Waals surface area contributed by atoms with Gasteiger partial charge in [-0.1, -0.05) is 23.7 Å². The van der Waals surface area contributed by atoms with Crippen molar-refractivity contribution in [3.8, 4) is 0 Å². The third-order valence-corrected chi connectivity index (χ3v) is 2.84. The SMILES string of the molecule is CC(C)(C)NCc1nnnn1Cc1cccc(Cl)c1.